The Labute approximate surface area is 594 Å². The molecule has 12 aromatic rings. The Morgan fingerprint density at radius 1 is 0.344 bits per heavy atom. The highest BCUT2D eigenvalue weighted by molar-refractivity contribution is 7.13. The van der Waals surface area contributed by atoms with E-state index in [0.29, 0.717) is 85.7 Å². The molecule has 3 heterocycles. The van der Waals surface area contributed by atoms with Crippen molar-refractivity contribution in [2.75, 3.05) is 21.3 Å². The zero-order valence-corrected chi connectivity index (χ0v) is 56.5. The predicted molar refractivity (Wildman–Crippen MR) is 390 cm³/mol. The summed E-state index contributed by atoms with van der Waals surface area (Å²) in [4.78, 5) is 58.2. The van der Waals surface area contributed by atoms with Crippen molar-refractivity contribution < 1.29 is 39.6 Å². The molecule has 8 N–H and O–H groups in total. The van der Waals surface area contributed by atoms with Crippen LogP contribution in [0.3, 0.4) is 0 Å². The Morgan fingerprint density at radius 2 is 0.656 bits per heavy atom. The zero-order valence-electron chi connectivity index (χ0n) is 49.6. The van der Waals surface area contributed by atoms with Gasteiger partial charge in [0.25, 0.3) is 0 Å². The number of thiophene rings is 1. The summed E-state index contributed by atoms with van der Waals surface area (Å²) >= 11 is 52.5. The molecule has 24 heteroatoms. The molecule has 0 aliphatic rings. The first-order valence-corrected chi connectivity index (χ1v) is 32.1. The second-order valence-corrected chi connectivity index (χ2v) is 24.5. The maximum absolute atomic E-state index is 11.4. The van der Waals surface area contributed by atoms with Gasteiger partial charge in [-0.15, -0.1) is 11.3 Å². The van der Waals surface area contributed by atoms with Gasteiger partial charge in [0, 0.05) is 35.2 Å². The molecule has 0 saturated heterocycles. The fourth-order valence-corrected chi connectivity index (χ4v) is 12.4. The van der Waals surface area contributed by atoms with Gasteiger partial charge in [-0.2, -0.15) is 0 Å². The van der Waals surface area contributed by atoms with Crippen LogP contribution in [0.5, 0.6) is 0 Å². The van der Waals surface area contributed by atoms with Crippen LogP contribution in [0.25, 0.3) is 43.8 Å². The molecular formula is C72H49Cl8N7O8S. The normalized spacial score (nSPS) is 10.5. The summed E-state index contributed by atoms with van der Waals surface area (Å²) in [7, 11) is 0. The molecular weight excluding hydrogens is 1410 g/mol. The van der Waals surface area contributed by atoms with Crippen molar-refractivity contribution in [3.63, 3.8) is 0 Å². The Balaban J connectivity index is 0.000000150. The van der Waals surface area contributed by atoms with Crippen molar-refractivity contribution in [2.24, 2.45) is 0 Å². The second-order valence-electron chi connectivity index (χ2n) is 20.3. The number of pyridine rings is 1. The molecule has 0 amide bonds. The molecule has 9 aromatic carbocycles. The number of rotatable bonds is 16. The van der Waals surface area contributed by atoms with Crippen LogP contribution in [-0.2, 0) is 0 Å². The molecule has 482 valence electrons. The number of halogens is 8. The molecule has 0 bridgehead atoms. The number of carbonyl (C=O) groups is 4. The van der Waals surface area contributed by atoms with E-state index in [4.69, 9.17) is 92.8 Å². The lowest BCUT2D eigenvalue weighted by molar-refractivity contribution is 0.0687. The third-order valence-electron chi connectivity index (χ3n) is 14.0. The van der Waals surface area contributed by atoms with E-state index < -0.39 is 23.9 Å². The highest BCUT2D eigenvalue weighted by atomic mass is 35.5. The molecule has 15 nitrogen and oxygen atoms in total. The number of aryl methyl sites for hydroxylation is 1. The van der Waals surface area contributed by atoms with Crippen molar-refractivity contribution >= 4 is 174 Å². The SMILES string of the molecule is Cc1ccccc1-c1cc(Cl)c(Nc2ccccc2C(=O)O)c(Cl)c1.O=C(O)c1ccccc1Nc1c(Cl)cc(-c2cccs2)cc1Cl.O=C(O)c1ccccc1Nc1c(Cl)cc(-c2ccncc2)cc1Cl.O=C(O)c1ccccc1Nc1c(Cl)cc(-c2cncnc2)cc1Cl. The average Bonchev–Trinajstić information content (AvgIpc) is 0.977. The number of hydrogen-bond donors (Lipinski definition) is 8. The lowest BCUT2D eigenvalue weighted by atomic mass is 10.0. The number of nitrogens with zero attached hydrogens (tertiary/aromatic N) is 3. The van der Waals surface area contributed by atoms with Gasteiger partial charge in [-0.3, -0.25) is 4.98 Å². The minimum Gasteiger partial charge on any atom is -0.478 e. The minimum absolute atomic E-state index is 0.130. The van der Waals surface area contributed by atoms with Crippen LogP contribution in [0.2, 0.25) is 40.2 Å². The van der Waals surface area contributed by atoms with Crippen LogP contribution in [-0.4, -0.2) is 59.3 Å². The lowest BCUT2D eigenvalue weighted by Crippen LogP contribution is -2.03. The van der Waals surface area contributed by atoms with E-state index >= 15 is 0 Å². The third kappa shape index (κ3) is 18.0. The molecule has 3 aromatic heterocycles. The fraction of sp³-hybridized carbons (Fsp3) is 0.0139. The fourth-order valence-electron chi connectivity index (χ4n) is 9.39. The first kappa shape index (κ1) is 70.6. The number of aromatic carboxylic acids is 4. The number of para-hydroxylation sites is 4. The van der Waals surface area contributed by atoms with Gasteiger partial charge in [-0.1, -0.05) is 172 Å². The molecule has 0 radical (unpaired) electrons. The van der Waals surface area contributed by atoms with Crippen molar-refractivity contribution in [3.8, 4) is 43.8 Å². The van der Waals surface area contributed by atoms with Gasteiger partial charge >= 0.3 is 23.9 Å². The molecule has 0 aliphatic heterocycles. The monoisotopic (exact) mass is 1450 g/mol. The molecule has 0 spiro atoms. The summed E-state index contributed by atoms with van der Waals surface area (Å²) in [6, 6.07) is 56.2. The smallest absolute Gasteiger partial charge is 0.337 e. The highest BCUT2D eigenvalue weighted by Crippen LogP contribution is 2.43. The number of carboxylic acids is 4. The predicted octanol–water partition coefficient (Wildman–Crippen LogP) is 23.0. The van der Waals surface area contributed by atoms with E-state index in [0.717, 1.165) is 49.4 Å². The van der Waals surface area contributed by atoms with Crippen molar-refractivity contribution in [1.82, 2.24) is 15.0 Å². The number of carboxylic acid groups (broad SMARTS) is 4. The number of anilines is 8. The molecule has 0 aliphatic carbocycles. The Bertz CT molecular complexity index is 4580. The highest BCUT2D eigenvalue weighted by Gasteiger charge is 2.20. The van der Waals surface area contributed by atoms with Gasteiger partial charge in [0.15, 0.2) is 0 Å². The van der Waals surface area contributed by atoms with Gasteiger partial charge < -0.3 is 41.7 Å². The van der Waals surface area contributed by atoms with Crippen LogP contribution >= 0.6 is 104 Å². The van der Waals surface area contributed by atoms with Crippen LogP contribution in [0.4, 0.5) is 45.5 Å². The maximum Gasteiger partial charge on any atom is 0.337 e. The van der Waals surface area contributed by atoms with E-state index in [1.54, 1.807) is 133 Å². The lowest BCUT2D eigenvalue weighted by Gasteiger charge is -2.15. The standard InChI is InChI=1S/C20H15Cl2NO2.C18H12Cl2N2O2.C17H11Cl2N3O2.C17H11Cl2NO2S/c1-12-6-2-3-7-14(12)13-10-16(21)19(17(22)11-13)23-18-9-5-4-8-15(18)20(24)25;19-14-9-12(11-5-7-21-8-6-11)10-15(20)17(14)22-16-4-2-1-3-13(16)18(23)24;18-13-5-10(11-7-20-9-21-8-11)6-14(19)16(13)22-15-4-2-1-3-12(15)17(23)24;18-12-8-10(15-6-3-7-23-15)9-13(19)16(12)20-14-5-2-1-4-11(14)17(21)22/h2-11,23H,1H3,(H,24,25);1-10,22H,(H,23,24);1-9,22H,(H,23,24);1-9,20H,(H,21,22). The van der Waals surface area contributed by atoms with E-state index in [2.05, 4.69) is 36.2 Å². The summed E-state index contributed by atoms with van der Waals surface area (Å²) in [5.41, 5.74) is 11.5. The second kappa shape index (κ2) is 33.1. The van der Waals surface area contributed by atoms with Gasteiger partial charge in [-0.05, 0) is 167 Å². The van der Waals surface area contributed by atoms with Gasteiger partial charge in [0.05, 0.1) is 108 Å². The number of nitrogens with one attached hydrogen (secondary N) is 4. The van der Waals surface area contributed by atoms with Gasteiger partial charge in [-0.25, -0.2) is 29.1 Å². The zero-order chi connectivity index (χ0) is 68.6. The topological polar surface area (TPSA) is 236 Å². The summed E-state index contributed by atoms with van der Waals surface area (Å²) < 4.78 is 0. The quantitative estimate of drug-likeness (QED) is 0.0449. The van der Waals surface area contributed by atoms with E-state index in [1.165, 1.54) is 30.6 Å². The van der Waals surface area contributed by atoms with E-state index in [-0.39, 0.29) is 22.3 Å². The van der Waals surface area contributed by atoms with Crippen LogP contribution in [0, 0.1) is 6.92 Å². The molecule has 96 heavy (non-hydrogen) atoms. The van der Waals surface area contributed by atoms with Crippen LogP contribution in [0.15, 0.2) is 231 Å². The Hall–Kier alpha value is -9.69. The van der Waals surface area contributed by atoms with E-state index in [1.807, 2.05) is 85.1 Å². The van der Waals surface area contributed by atoms with Crippen molar-refractivity contribution in [1.29, 1.82) is 0 Å². The molecule has 0 atom stereocenters. The van der Waals surface area contributed by atoms with Gasteiger partial charge in [0.2, 0.25) is 0 Å². The van der Waals surface area contributed by atoms with Crippen LogP contribution < -0.4 is 21.3 Å². The Morgan fingerprint density at radius 3 is 0.990 bits per heavy atom. The van der Waals surface area contributed by atoms with E-state index in [9.17, 15) is 39.6 Å². The number of aromatic nitrogens is 3. The summed E-state index contributed by atoms with van der Waals surface area (Å²) in [5, 5.41) is 54.3. The number of benzene rings is 9. The van der Waals surface area contributed by atoms with Crippen molar-refractivity contribution in [3.05, 3.63) is 299 Å². The van der Waals surface area contributed by atoms with Crippen molar-refractivity contribution in [2.45, 2.75) is 6.92 Å². The third-order valence-corrected chi connectivity index (χ3v) is 17.3. The first-order chi connectivity index (χ1) is 46.1. The average molecular weight is 1460 g/mol. The molecule has 0 saturated carbocycles. The van der Waals surface area contributed by atoms with Gasteiger partial charge in [0.1, 0.15) is 6.33 Å². The molecule has 12 rings (SSSR count). The summed E-state index contributed by atoms with van der Waals surface area (Å²) in [6.45, 7) is 2.02. The largest absolute Gasteiger partial charge is 0.478 e. The first-order valence-electron chi connectivity index (χ1n) is 28.2. The molecule has 0 unspecified atom stereocenters. The Kier molecular flexibility index (Phi) is 24.4. The minimum atomic E-state index is -1.04. The summed E-state index contributed by atoms with van der Waals surface area (Å²) in [6.07, 6.45) is 8.12. The number of hydrogen-bond acceptors (Lipinski definition) is 12. The van der Waals surface area contributed by atoms with Crippen LogP contribution in [0.1, 0.15) is 47.0 Å². The maximum atomic E-state index is 11.4. The summed E-state index contributed by atoms with van der Waals surface area (Å²) in [5.74, 6) is -4.11. The molecule has 0 fully saturated rings.